The van der Waals surface area contributed by atoms with Crippen LogP contribution in [0.15, 0.2) is 85.2 Å². The summed E-state index contributed by atoms with van der Waals surface area (Å²) in [5, 5.41) is 3.19. The standard InChI is InChI=1S/C31H24F5N3O/c1-18-4-6-20(7-5-18)25-3-2-10-37-30(25)28(13-19-11-23(32)16-24(33)12-19)39-29(40)14-21-17-38-27-9-8-22(15-26(21)27)31(34,35)36/h2-12,15-17,28,38H,13-14H2,1H3,(H,39,40)/t28-/m0/s1. The molecule has 0 aliphatic heterocycles. The SMILES string of the molecule is Cc1ccc(-c2cccnc2[C@H](Cc2cc(F)cc(F)c2)NC(=O)Cc2c[nH]c3ccc(C(F)(F)F)cc23)cc1. The van der Waals surface area contributed by atoms with Gasteiger partial charge >= 0.3 is 6.18 Å². The Morgan fingerprint density at radius 2 is 1.70 bits per heavy atom. The maximum absolute atomic E-state index is 14.0. The van der Waals surface area contributed by atoms with Gasteiger partial charge in [0.2, 0.25) is 5.91 Å². The van der Waals surface area contributed by atoms with Gasteiger partial charge in [0.25, 0.3) is 0 Å². The van der Waals surface area contributed by atoms with Crippen molar-refractivity contribution in [3.63, 3.8) is 0 Å². The summed E-state index contributed by atoms with van der Waals surface area (Å²) in [6, 6.07) is 17.0. The van der Waals surface area contributed by atoms with Crippen LogP contribution < -0.4 is 5.32 Å². The molecule has 1 amide bonds. The summed E-state index contributed by atoms with van der Waals surface area (Å²) >= 11 is 0. The van der Waals surface area contributed by atoms with Crippen molar-refractivity contribution in [1.29, 1.82) is 0 Å². The summed E-state index contributed by atoms with van der Waals surface area (Å²) in [5.74, 6) is -1.99. The van der Waals surface area contributed by atoms with Crippen LogP contribution in [0.25, 0.3) is 22.0 Å². The molecule has 4 nitrogen and oxygen atoms in total. The number of rotatable bonds is 7. The van der Waals surface area contributed by atoms with Crippen molar-refractivity contribution in [1.82, 2.24) is 15.3 Å². The summed E-state index contributed by atoms with van der Waals surface area (Å²) in [7, 11) is 0. The summed E-state index contributed by atoms with van der Waals surface area (Å²) in [4.78, 5) is 20.7. The molecule has 3 aromatic carbocycles. The van der Waals surface area contributed by atoms with E-state index >= 15 is 0 Å². The van der Waals surface area contributed by atoms with Crippen LogP contribution in [0.1, 0.15) is 34.0 Å². The summed E-state index contributed by atoms with van der Waals surface area (Å²) < 4.78 is 67.9. The lowest BCUT2D eigenvalue weighted by Gasteiger charge is -2.22. The molecule has 0 spiro atoms. The molecule has 40 heavy (non-hydrogen) atoms. The van der Waals surface area contributed by atoms with Gasteiger partial charge < -0.3 is 10.3 Å². The van der Waals surface area contributed by atoms with E-state index in [1.807, 2.05) is 37.3 Å². The molecular weight excluding hydrogens is 525 g/mol. The predicted octanol–water partition coefficient (Wildman–Crippen LogP) is 7.48. The van der Waals surface area contributed by atoms with E-state index in [1.165, 1.54) is 24.4 Å². The Kier molecular flexibility index (Phi) is 7.38. The van der Waals surface area contributed by atoms with E-state index in [-0.39, 0.29) is 18.2 Å². The lowest BCUT2D eigenvalue weighted by molar-refractivity contribution is -0.137. The molecule has 0 bridgehead atoms. The number of benzene rings is 3. The molecule has 5 aromatic rings. The normalized spacial score (nSPS) is 12.4. The van der Waals surface area contributed by atoms with E-state index in [2.05, 4.69) is 15.3 Å². The van der Waals surface area contributed by atoms with Gasteiger partial charge in [-0.2, -0.15) is 13.2 Å². The van der Waals surface area contributed by atoms with Crippen LogP contribution in [-0.2, 0) is 23.8 Å². The molecule has 0 aliphatic carbocycles. The largest absolute Gasteiger partial charge is 0.416 e. The van der Waals surface area contributed by atoms with Crippen LogP contribution in [0, 0.1) is 18.6 Å². The van der Waals surface area contributed by atoms with Gasteiger partial charge in [0.1, 0.15) is 11.6 Å². The van der Waals surface area contributed by atoms with Crippen LogP contribution in [0.5, 0.6) is 0 Å². The van der Waals surface area contributed by atoms with E-state index in [9.17, 15) is 26.7 Å². The van der Waals surface area contributed by atoms with E-state index < -0.39 is 35.3 Å². The third-order valence-electron chi connectivity index (χ3n) is 6.67. The summed E-state index contributed by atoms with van der Waals surface area (Å²) in [6.07, 6.45) is -1.65. The number of amides is 1. The number of aromatic amines is 1. The molecule has 0 saturated heterocycles. The van der Waals surface area contributed by atoms with Crippen molar-refractivity contribution >= 4 is 16.8 Å². The highest BCUT2D eigenvalue weighted by Gasteiger charge is 2.31. The van der Waals surface area contributed by atoms with Crippen LogP contribution >= 0.6 is 0 Å². The van der Waals surface area contributed by atoms with Gasteiger partial charge in [0, 0.05) is 34.9 Å². The summed E-state index contributed by atoms with van der Waals surface area (Å²) in [6.45, 7) is 1.96. The number of aryl methyl sites for hydroxylation is 1. The highest BCUT2D eigenvalue weighted by atomic mass is 19.4. The fourth-order valence-corrected chi connectivity index (χ4v) is 4.77. The fraction of sp³-hybridized carbons (Fsp3) is 0.161. The lowest BCUT2D eigenvalue weighted by atomic mass is 9.94. The number of nitrogens with one attached hydrogen (secondary N) is 2. The molecular formula is C31H24F5N3O. The van der Waals surface area contributed by atoms with Crippen molar-refractivity contribution < 1.29 is 26.7 Å². The van der Waals surface area contributed by atoms with E-state index in [1.54, 1.807) is 12.3 Å². The predicted molar refractivity (Wildman–Crippen MR) is 142 cm³/mol. The number of nitrogens with zero attached hydrogens (tertiary/aromatic N) is 1. The molecule has 2 aromatic heterocycles. The molecule has 0 saturated carbocycles. The highest BCUT2D eigenvalue weighted by molar-refractivity contribution is 5.89. The molecule has 2 N–H and O–H groups in total. The second-order valence-corrected chi connectivity index (χ2v) is 9.65. The lowest BCUT2D eigenvalue weighted by Crippen LogP contribution is -2.32. The first-order valence-electron chi connectivity index (χ1n) is 12.5. The van der Waals surface area contributed by atoms with Gasteiger partial charge in [0.05, 0.1) is 23.7 Å². The minimum atomic E-state index is -4.53. The Hall–Kier alpha value is -4.53. The average molecular weight is 550 g/mol. The fourth-order valence-electron chi connectivity index (χ4n) is 4.77. The smallest absolute Gasteiger partial charge is 0.361 e. The van der Waals surface area contributed by atoms with E-state index in [0.717, 1.165) is 34.9 Å². The maximum atomic E-state index is 14.0. The molecule has 0 radical (unpaired) electrons. The first kappa shape index (κ1) is 27.1. The number of hydrogen-bond acceptors (Lipinski definition) is 2. The number of aromatic nitrogens is 2. The number of pyridine rings is 1. The van der Waals surface area contributed by atoms with Gasteiger partial charge in [-0.1, -0.05) is 35.9 Å². The van der Waals surface area contributed by atoms with Crippen molar-refractivity contribution in [2.75, 3.05) is 0 Å². The number of halogens is 5. The Morgan fingerprint density at radius 1 is 0.975 bits per heavy atom. The zero-order chi connectivity index (χ0) is 28.4. The molecule has 0 aliphatic rings. The van der Waals surface area contributed by atoms with E-state index in [4.69, 9.17) is 0 Å². The van der Waals surface area contributed by atoms with Crippen LogP contribution in [-0.4, -0.2) is 15.9 Å². The topological polar surface area (TPSA) is 57.8 Å². The van der Waals surface area contributed by atoms with Crippen molar-refractivity contribution in [2.24, 2.45) is 0 Å². The van der Waals surface area contributed by atoms with Gasteiger partial charge in [-0.3, -0.25) is 9.78 Å². The Labute approximate surface area is 226 Å². The molecule has 5 rings (SSSR count). The van der Waals surface area contributed by atoms with Gasteiger partial charge in [0.15, 0.2) is 0 Å². The third kappa shape index (κ3) is 6.03. The highest BCUT2D eigenvalue weighted by Crippen LogP contribution is 2.33. The second-order valence-electron chi connectivity index (χ2n) is 9.65. The number of hydrogen-bond donors (Lipinski definition) is 2. The molecule has 9 heteroatoms. The Morgan fingerprint density at radius 3 is 2.40 bits per heavy atom. The first-order valence-corrected chi connectivity index (χ1v) is 12.5. The Balaban J connectivity index is 1.49. The molecule has 0 unspecified atom stereocenters. The zero-order valence-corrected chi connectivity index (χ0v) is 21.3. The zero-order valence-electron chi connectivity index (χ0n) is 21.3. The monoisotopic (exact) mass is 549 g/mol. The van der Waals surface area contributed by atoms with Crippen molar-refractivity contribution in [3.8, 4) is 11.1 Å². The first-order chi connectivity index (χ1) is 19.1. The second kappa shape index (κ2) is 10.9. The van der Waals surface area contributed by atoms with Crippen molar-refractivity contribution in [2.45, 2.75) is 32.0 Å². The van der Waals surface area contributed by atoms with Gasteiger partial charge in [-0.25, -0.2) is 8.78 Å². The summed E-state index contributed by atoms with van der Waals surface area (Å²) in [5.41, 5.74) is 3.46. The minimum Gasteiger partial charge on any atom is -0.361 e. The van der Waals surface area contributed by atoms with Gasteiger partial charge in [-0.05, 0) is 66.4 Å². The van der Waals surface area contributed by atoms with Gasteiger partial charge in [-0.15, -0.1) is 0 Å². The van der Waals surface area contributed by atoms with Crippen LogP contribution in [0.4, 0.5) is 22.0 Å². The van der Waals surface area contributed by atoms with Crippen LogP contribution in [0.2, 0.25) is 0 Å². The van der Waals surface area contributed by atoms with Crippen LogP contribution in [0.3, 0.4) is 0 Å². The number of carbonyl (C=O) groups is 1. The third-order valence-corrected chi connectivity index (χ3v) is 6.67. The number of alkyl halides is 3. The number of fused-ring (bicyclic) bond motifs is 1. The molecule has 204 valence electrons. The molecule has 0 fully saturated rings. The quantitative estimate of drug-likeness (QED) is 0.207. The molecule has 1 atom stereocenters. The Bertz CT molecular complexity index is 1660. The number of H-pyrrole nitrogens is 1. The maximum Gasteiger partial charge on any atom is 0.416 e. The number of carbonyl (C=O) groups excluding carboxylic acids is 1. The molecule has 2 heterocycles. The minimum absolute atomic E-state index is 0.0302. The van der Waals surface area contributed by atoms with Crippen molar-refractivity contribution in [3.05, 3.63) is 125 Å². The van der Waals surface area contributed by atoms with E-state index in [0.29, 0.717) is 22.3 Å². The average Bonchev–Trinajstić information content (AvgIpc) is 3.29.